The van der Waals surface area contributed by atoms with E-state index in [9.17, 15) is 14.0 Å². The molecule has 134 valence electrons. The zero-order chi connectivity index (χ0) is 18.4. The van der Waals surface area contributed by atoms with Gasteiger partial charge in [0.05, 0.1) is 6.07 Å². The third-order valence-electron chi connectivity index (χ3n) is 4.96. The molecule has 2 amide bonds. The van der Waals surface area contributed by atoms with Crippen molar-refractivity contribution in [2.45, 2.75) is 26.2 Å². The first-order valence-corrected chi connectivity index (χ1v) is 8.62. The molecule has 0 spiro atoms. The van der Waals surface area contributed by atoms with Crippen LogP contribution in [-0.4, -0.2) is 48.3 Å². The van der Waals surface area contributed by atoms with Gasteiger partial charge >= 0.3 is 0 Å². The number of carbonyl (C=O) groups excluding carboxylic acids is 2. The largest absolute Gasteiger partial charge is 0.338 e. The molecular formula is C19H24FN3O2. The predicted molar refractivity (Wildman–Crippen MR) is 92.1 cm³/mol. The summed E-state index contributed by atoms with van der Waals surface area (Å²) in [6.45, 7) is 3.35. The van der Waals surface area contributed by atoms with Crippen molar-refractivity contribution in [2.75, 3.05) is 26.7 Å². The fraction of sp³-hybridized carbons (Fsp3) is 0.526. The molecule has 0 aromatic heterocycles. The Kier molecular flexibility index (Phi) is 6.51. The van der Waals surface area contributed by atoms with Gasteiger partial charge in [0.1, 0.15) is 12.4 Å². The van der Waals surface area contributed by atoms with E-state index in [4.69, 9.17) is 5.26 Å². The molecule has 2 atom stereocenters. The topological polar surface area (TPSA) is 64.4 Å². The molecule has 0 aliphatic carbocycles. The SMILES string of the molecule is CC[C@H]1CN(C(=O)c2ccc(F)cc2)CC[C@H]1CC(=O)N(C)CC#N. The molecule has 2 rings (SSSR count). The van der Waals surface area contributed by atoms with Crippen LogP contribution in [-0.2, 0) is 4.79 Å². The number of nitriles is 1. The Morgan fingerprint density at radius 3 is 2.60 bits per heavy atom. The van der Waals surface area contributed by atoms with Gasteiger partial charge in [-0.2, -0.15) is 5.26 Å². The van der Waals surface area contributed by atoms with Crippen molar-refractivity contribution < 1.29 is 14.0 Å². The van der Waals surface area contributed by atoms with Crippen LogP contribution in [0.15, 0.2) is 24.3 Å². The summed E-state index contributed by atoms with van der Waals surface area (Å²) in [4.78, 5) is 28.0. The van der Waals surface area contributed by atoms with Crippen LogP contribution >= 0.6 is 0 Å². The summed E-state index contributed by atoms with van der Waals surface area (Å²) in [6, 6.07) is 7.58. The molecule has 1 aromatic carbocycles. The summed E-state index contributed by atoms with van der Waals surface area (Å²) in [5.74, 6) is -0.0108. The molecule has 1 fully saturated rings. The zero-order valence-corrected chi connectivity index (χ0v) is 14.7. The summed E-state index contributed by atoms with van der Waals surface area (Å²) in [5, 5.41) is 8.70. The van der Waals surface area contributed by atoms with E-state index < -0.39 is 0 Å². The first-order chi connectivity index (χ1) is 12.0. The number of benzene rings is 1. The maximum atomic E-state index is 13.0. The van der Waals surface area contributed by atoms with Gasteiger partial charge in [0.15, 0.2) is 0 Å². The van der Waals surface area contributed by atoms with Gasteiger partial charge in [-0.15, -0.1) is 0 Å². The first-order valence-electron chi connectivity index (χ1n) is 8.62. The number of halogens is 1. The van der Waals surface area contributed by atoms with Gasteiger partial charge < -0.3 is 9.80 Å². The quantitative estimate of drug-likeness (QED) is 0.771. The van der Waals surface area contributed by atoms with Gasteiger partial charge in [0.2, 0.25) is 5.91 Å². The second-order valence-electron chi connectivity index (χ2n) is 6.59. The fourth-order valence-corrected chi connectivity index (χ4v) is 3.35. The van der Waals surface area contributed by atoms with Crippen molar-refractivity contribution in [3.05, 3.63) is 35.6 Å². The Bertz CT molecular complexity index is 654. The lowest BCUT2D eigenvalue weighted by atomic mass is 9.81. The molecule has 1 heterocycles. The maximum Gasteiger partial charge on any atom is 0.253 e. The molecule has 1 aliphatic heterocycles. The Hall–Kier alpha value is -2.42. The van der Waals surface area contributed by atoms with Crippen molar-refractivity contribution in [3.8, 4) is 6.07 Å². The van der Waals surface area contributed by atoms with Crippen LogP contribution in [0.1, 0.15) is 36.5 Å². The van der Waals surface area contributed by atoms with E-state index in [0.717, 1.165) is 12.8 Å². The summed E-state index contributed by atoms with van der Waals surface area (Å²) < 4.78 is 13.0. The maximum absolute atomic E-state index is 13.0. The van der Waals surface area contributed by atoms with Crippen LogP contribution in [0.25, 0.3) is 0 Å². The number of nitrogens with zero attached hydrogens (tertiary/aromatic N) is 3. The lowest BCUT2D eigenvalue weighted by molar-refractivity contribution is -0.131. The number of piperidine rings is 1. The third-order valence-corrected chi connectivity index (χ3v) is 4.96. The first kappa shape index (κ1) is 18.9. The highest BCUT2D eigenvalue weighted by Crippen LogP contribution is 2.30. The standard InChI is InChI=1S/C19H24FN3O2/c1-3-14-13-23(19(25)15-4-6-17(20)7-5-15)10-8-16(14)12-18(24)22(2)11-9-21/h4-7,14,16H,3,8,10-13H2,1-2H3/t14-,16-/m0/s1. The van der Waals surface area contributed by atoms with Crippen LogP contribution in [0.5, 0.6) is 0 Å². The zero-order valence-electron chi connectivity index (χ0n) is 14.7. The molecule has 0 unspecified atom stereocenters. The number of rotatable bonds is 5. The third kappa shape index (κ3) is 4.79. The molecule has 0 radical (unpaired) electrons. The van der Waals surface area contributed by atoms with Crippen molar-refractivity contribution in [3.63, 3.8) is 0 Å². The van der Waals surface area contributed by atoms with Crippen molar-refractivity contribution >= 4 is 11.8 Å². The van der Waals surface area contributed by atoms with E-state index in [0.29, 0.717) is 25.1 Å². The van der Waals surface area contributed by atoms with Crippen molar-refractivity contribution in [1.82, 2.24) is 9.80 Å². The van der Waals surface area contributed by atoms with Crippen LogP contribution in [0, 0.1) is 29.0 Å². The smallest absolute Gasteiger partial charge is 0.253 e. The second-order valence-corrected chi connectivity index (χ2v) is 6.59. The average Bonchev–Trinajstić information content (AvgIpc) is 2.62. The fourth-order valence-electron chi connectivity index (χ4n) is 3.35. The molecule has 0 saturated carbocycles. The van der Waals surface area contributed by atoms with E-state index in [-0.39, 0.29) is 36.0 Å². The molecule has 0 bridgehead atoms. The predicted octanol–water partition coefficient (Wildman–Crippen LogP) is 2.69. The Morgan fingerprint density at radius 1 is 1.32 bits per heavy atom. The minimum atomic E-state index is -0.360. The van der Waals surface area contributed by atoms with E-state index in [2.05, 4.69) is 6.92 Å². The highest BCUT2D eigenvalue weighted by molar-refractivity contribution is 5.94. The summed E-state index contributed by atoms with van der Waals surface area (Å²) in [5.41, 5.74) is 0.486. The van der Waals surface area contributed by atoms with E-state index >= 15 is 0 Å². The Labute approximate surface area is 148 Å². The van der Waals surface area contributed by atoms with Crippen molar-refractivity contribution in [2.24, 2.45) is 11.8 Å². The van der Waals surface area contributed by atoms with Crippen LogP contribution in [0.3, 0.4) is 0 Å². The lowest BCUT2D eigenvalue weighted by Gasteiger charge is -2.38. The van der Waals surface area contributed by atoms with Crippen LogP contribution < -0.4 is 0 Å². The number of likely N-dealkylation sites (tertiary alicyclic amines) is 1. The minimum absolute atomic E-state index is 0.0247. The Balaban J connectivity index is 1.98. The number of carbonyl (C=O) groups is 2. The molecular weight excluding hydrogens is 321 g/mol. The highest BCUT2D eigenvalue weighted by atomic mass is 19.1. The molecule has 6 heteroatoms. The van der Waals surface area contributed by atoms with E-state index in [1.807, 2.05) is 6.07 Å². The van der Waals surface area contributed by atoms with Gasteiger partial charge in [-0.05, 0) is 42.5 Å². The summed E-state index contributed by atoms with van der Waals surface area (Å²) in [6.07, 6.45) is 2.06. The molecule has 25 heavy (non-hydrogen) atoms. The van der Waals surface area contributed by atoms with Crippen LogP contribution in [0.2, 0.25) is 0 Å². The number of amides is 2. The van der Waals surface area contributed by atoms with Crippen molar-refractivity contribution in [1.29, 1.82) is 5.26 Å². The number of hydrogen-bond acceptors (Lipinski definition) is 3. The molecule has 1 aromatic rings. The highest BCUT2D eigenvalue weighted by Gasteiger charge is 2.32. The van der Waals surface area contributed by atoms with Crippen LogP contribution in [0.4, 0.5) is 4.39 Å². The average molecular weight is 345 g/mol. The van der Waals surface area contributed by atoms with Gasteiger partial charge in [0.25, 0.3) is 5.91 Å². The van der Waals surface area contributed by atoms with Gasteiger partial charge in [-0.1, -0.05) is 13.3 Å². The summed E-state index contributed by atoms with van der Waals surface area (Å²) >= 11 is 0. The summed E-state index contributed by atoms with van der Waals surface area (Å²) in [7, 11) is 1.64. The monoisotopic (exact) mass is 345 g/mol. The normalized spacial score (nSPS) is 20.0. The van der Waals surface area contributed by atoms with Gasteiger partial charge in [-0.3, -0.25) is 9.59 Å². The second kappa shape index (κ2) is 8.61. The molecule has 0 N–H and O–H groups in total. The number of hydrogen-bond donors (Lipinski definition) is 0. The van der Waals surface area contributed by atoms with Gasteiger partial charge in [-0.25, -0.2) is 4.39 Å². The molecule has 1 aliphatic rings. The Morgan fingerprint density at radius 2 is 2.00 bits per heavy atom. The van der Waals surface area contributed by atoms with Gasteiger partial charge in [0, 0.05) is 32.1 Å². The van der Waals surface area contributed by atoms with E-state index in [1.54, 1.807) is 11.9 Å². The minimum Gasteiger partial charge on any atom is -0.338 e. The lowest BCUT2D eigenvalue weighted by Crippen LogP contribution is -2.45. The molecule has 1 saturated heterocycles. The molecule has 5 nitrogen and oxygen atoms in total. The van der Waals surface area contributed by atoms with E-state index in [1.165, 1.54) is 29.2 Å².